The Kier molecular flexibility index (Phi) is 6.44. The van der Waals surface area contributed by atoms with Gasteiger partial charge < -0.3 is 19.7 Å². The summed E-state index contributed by atoms with van der Waals surface area (Å²) in [4.78, 5) is 26.4. The highest BCUT2D eigenvalue weighted by molar-refractivity contribution is 5.99. The molecule has 1 fully saturated rings. The number of hydrogen-bond acceptors (Lipinski definition) is 5. The number of carbonyl (C=O) groups excluding carboxylic acids is 2. The Bertz CT molecular complexity index is 766. The highest BCUT2D eigenvalue weighted by Crippen LogP contribution is 2.17. The van der Waals surface area contributed by atoms with Crippen LogP contribution in [0.15, 0.2) is 48.5 Å². The number of hydrogen-bond donors (Lipinski definition) is 1. The van der Waals surface area contributed by atoms with Gasteiger partial charge in [-0.25, -0.2) is 0 Å². The number of Topliss-reactive ketones (excluding diaryl/α,β-unsaturated/α-hetero) is 1. The summed E-state index contributed by atoms with van der Waals surface area (Å²) in [5.41, 5.74) is 2.77. The van der Waals surface area contributed by atoms with Crippen molar-refractivity contribution in [1.29, 1.82) is 0 Å². The maximum atomic E-state index is 12.3. The summed E-state index contributed by atoms with van der Waals surface area (Å²) in [5, 5.41) is 2.60. The second-order valence-electron chi connectivity index (χ2n) is 6.45. The van der Waals surface area contributed by atoms with Crippen LogP contribution in [0.3, 0.4) is 0 Å². The topological polar surface area (TPSA) is 67.9 Å². The van der Waals surface area contributed by atoms with Gasteiger partial charge in [-0.05, 0) is 43.3 Å². The second kappa shape index (κ2) is 9.19. The average molecular weight is 368 g/mol. The fourth-order valence-corrected chi connectivity index (χ4v) is 2.80. The van der Waals surface area contributed by atoms with Crippen molar-refractivity contribution in [2.75, 3.05) is 44.4 Å². The molecule has 27 heavy (non-hydrogen) atoms. The number of morpholine rings is 1. The maximum Gasteiger partial charge on any atom is 0.258 e. The van der Waals surface area contributed by atoms with Gasteiger partial charge in [0.15, 0.2) is 12.4 Å². The first-order valence-electron chi connectivity index (χ1n) is 9.04. The molecular weight excluding hydrogens is 344 g/mol. The first kappa shape index (κ1) is 18.9. The summed E-state index contributed by atoms with van der Waals surface area (Å²) in [6, 6.07) is 14.9. The molecule has 2 aromatic carbocycles. The normalized spacial score (nSPS) is 13.9. The number of aryl methyl sites for hydroxylation is 1. The van der Waals surface area contributed by atoms with Crippen LogP contribution in [0.1, 0.15) is 15.9 Å². The number of rotatable bonds is 7. The lowest BCUT2D eigenvalue weighted by molar-refractivity contribution is -0.122. The van der Waals surface area contributed by atoms with Gasteiger partial charge in [-0.1, -0.05) is 17.7 Å². The molecule has 0 spiro atoms. The molecule has 1 aliphatic heterocycles. The quantitative estimate of drug-likeness (QED) is 0.759. The minimum absolute atomic E-state index is 0.0486. The van der Waals surface area contributed by atoms with Crippen LogP contribution in [0.4, 0.5) is 5.69 Å². The molecule has 0 aliphatic carbocycles. The van der Waals surface area contributed by atoms with Crippen molar-refractivity contribution < 1.29 is 19.1 Å². The van der Waals surface area contributed by atoms with Crippen LogP contribution in [0.25, 0.3) is 0 Å². The Balaban J connectivity index is 1.44. The molecule has 0 bridgehead atoms. The van der Waals surface area contributed by atoms with Crippen molar-refractivity contribution in [2.45, 2.75) is 6.92 Å². The van der Waals surface area contributed by atoms with Crippen molar-refractivity contribution >= 4 is 17.4 Å². The van der Waals surface area contributed by atoms with Gasteiger partial charge in [-0.3, -0.25) is 9.59 Å². The van der Waals surface area contributed by atoms with E-state index >= 15 is 0 Å². The molecule has 1 heterocycles. The number of nitrogens with zero attached hydrogens (tertiary/aromatic N) is 1. The zero-order valence-electron chi connectivity index (χ0n) is 15.4. The van der Waals surface area contributed by atoms with Gasteiger partial charge in [0.25, 0.3) is 5.91 Å². The monoisotopic (exact) mass is 368 g/mol. The van der Waals surface area contributed by atoms with E-state index in [9.17, 15) is 9.59 Å². The van der Waals surface area contributed by atoms with Gasteiger partial charge >= 0.3 is 0 Å². The molecule has 142 valence electrons. The van der Waals surface area contributed by atoms with E-state index in [2.05, 4.69) is 10.2 Å². The molecule has 6 nitrogen and oxygen atoms in total. The maximum absolute atomic E-state index is 12.3. The molecule has 0 aromatic heterocycles. The van der Waals surface area contributed by atoms with Crippen LogP contribution < -0.4 is 15.0 Å². The lowest BCUT2D eigenvalue weighted by Crippen LogP contribution is -2.36. The summed E-state index contributed by atoms with van der Waals surface area (Å²) in [5.74, 6) is 0.168. The van der Waals surface area contributed by atoms with Crippen molar-refractivity contribution in [3.05, 3.63) is 59.7 Å². The van der Waals surface area contributed by atoms with Crippen LogP contribution >= 0.6 is 0 Å². The largest absolute Gasteiger partial charge is 0.484 e. The molecule has 0 atom stereocenters. The Morgan fingerprint density at radius 3 is 2.37 bits per heavy atom. The van der Waals surface area contributed by atoms with Crippen LogP contribution in [-0.2, 0) is 9.53 Å². The highest BCUT2D eigenvalue weighted by atomic mass is 16.5. The van der Waals surface area contributed by atoms with Gasteiger partial charge in [0, 0.05) is 24.3 Å². The number of carbonyl (C=O) groups is 2. The van der Waals surface area contributed by atoms with Crippen molar-refractivity contribution in [1.82, 2.24) is 5.32 Å². The lowest BCUT2D eigenvalue weighted by Gasteiger charge is -2.28. The van der Waals surface area contributed by atoms with Gasteiger partial charge in [0.05, 0.1) is 19.8 Å². The number of anilines is 1. The third kappa shape index (κ3) is 5.56. The number of benzene rings is 2. The molecule has 3 rings (SSSR count). The number of ether oxygens (including phenoxy) is 2. The van der Waals surface area contributed by atoms with E-state index in [0.29, 0.717) is 11.3 Å². The number of ketones is 1. The van der Waals surface area contributed by atoms with Crippen molar-refractivity contribution in [2.24, 2.45) is 0 Å². The standard InChI is InChI=1S/C21H24N2O4/c1-16-2-8-19(9-3-16)27-15-21(25)22-14-20(24)17-4-6-18(7-5-17)23-10-12-26-13-11-23/h2-9H,10-15H2,1H3,(H,22,25). The predicted octanol–water partition coefficient (Wildman–Crippen LogP) is 2.21. The van der Waals surface area contributed by atoms with E-state index in [1.54, 1.807) is 12.1 Å². The zero-order valence-corrected chi connectivity index (χ0v) is 15.4. The van der Waals surface area contributed by atoms with Gasteiger partial charge in [-0.15, -0.1) is 0 Å². The minimum Gasteiger partial charge on any atom is -0.484 e. The molecule has 6 heteroatoms. The smallest absolute Gasteiger partial charge is 0.258 e. The zero-order chi connectivity index (χ0) is 19.1. The molecular formula is C21H24N2O4. The third-order valence-corrected chi connectivity index (χ3v) is 4.40. The molecule has 0 saturated carbocycles. The van der Waals surface area contributed by atoms with Crippen LogP contribution in [0.5, 0.6) is 5.75 Å². The highest BCUT2D eigenvalue weighted by Gasteiger charge is 2.13. The molecule has 1 aliphatic rings. The molecule has 2 aromatic rings. The molecule has 0 unspecified atom stereocenters. The first-order chi connectivity index (χ1) is 13.1. The van der Waals surface area contributed by atoms with Gasteiger partial charge in [-0.2, -0.15) is 0 Å². The predicted molar refractivity (Wildman–Crippen MR) is 103 cm³/mol. The molecule has 1 saturated heterocycles. The lowest BCUT2D eigenvalue weighted by atomic mass is 10.1. The van der Waals surface area contributed by atoms with Crippen molar-refractivity contribution in [3.63, 3.8) is 0 Å². The molecule has 1 N–H and O–H groups in total. The first-order valence-corrected chi connectivity index (χ1v) is 9.04. The fourth-order valence-electron chi connectivity index (χ4n) is 2.80. The van der Waals surface area contributed by atoms with E-state index in [1.807, 2.05) is 43.3 Å². The van der Waals surface area contributed by atoms with E-state index in [4.69, 9.17) is 9.47 Å². The van der Waals surface area contributed by atoms with Gasteiger partial charge in [0.1, 0.15) is 5.75 Å². The van der Waals surface area contributed by atoms with Gasteiger partial charge in [0.2, 0.25) is 0 Å². The molecule has 1 amide bonds. The Hall–Kier alpha value is -2.86. The van der Waals surface area contributed by atoms with E-state index < -0.39 is 0 Å². The third-order valence-electron chi connectivity index (χ3n) is 4.40. The van der Waals surface area contributed by atoms with E-state index in [1.165, 1.54) is 0 Å². The average Bonchev–Trinajstić information content (AvgIpc) is 2.72. The fraction of sp³-hybridized carbons (Fsp3) is 0.333. The van der Waals surface area contributed by atoms with E-state index in [-0.39, 0.29) is 24.8 Å². The Morgan fingerprint density at radius 2 is 1.70 bits per heavy atom. The van der Waals surface area contributed by atoms with Crippen LogP contribution in [-0.4, -0.2) is 51.1 Å². The Morgan fingerprint density at radius 1 is 1.04 bits per heavy atom. The minimum atomic E-state index is -0.325. The summed E-state index contributed by atoms with van der Waals surface area (Å²) >= 11 is 0. The summed E-state index contributed by atoms with van der Waals surface area (Å²) < 4.78 is 10.7. The van der Waals surface area contributed by atoms with Crippen LogP contribution in [0.2, 0.25) is 0 Å². The summed E-state index contributed by atoms with van der Waals surface area (Å²) in [6.07, 6.45) is 0. The van der Waals surface area contributed by atoms with Crippen LogP contribution in [0, 0.1) is 6.92 Å². The number of amides is 1. The molecule has 0 radical (unpaired) electrons. The van der Waals surface area contributed by atoms with E-state index in [0.717, 1.165) is 37.6 Å². The summed E-state index contributed by atoms with van der Waals surface area (Å²) in [7, 11) is 0. The van der Waals surface area contributed by atoms with Crippen molar-refractivity contribution in [3.8, 4) is 5.75 Å². The number of nitrogens with one attached hydrogen (secondary N) is 1. The summed E-state index contributed by atoms with van der Waals surface area (Å²) in [6.45, 7) is 4.96. The SMILES string of the molecule is Cc1ccc(OCC(=O)NCC(=O)c2ccc(N3CCOCC3)cc2)cc1. The second-order valence-corrected chi connectivity index (χ2v) is 6.45. The Labute approximate surface area is 159 Å².